The number of nitrogens with zero attached hydrogens (tertiary/aromatic N) is 2. The number of anilines is 1. The third kappa shape index (κ3) is 4.77. The molecule has 3 N–H and O–H groups in total. The van der Waals surface area contributed by atoms with Crippen LogP contribution in [0.5, 0.6) is 5.75 Å². The van der Waals surface area contributed by atoms with Crippen LogP contribution < -0.4 is 15.8 Å². The molecule has 1 fully saturated rings. The van der Waals surface area contributed by atoms with Crippen molar-refractivity contribution >= 4 is 11.6 Å². The van der Waals surface area contributed by atoms with Gasteiger partial charge in [-0.25, -0.2) is 0 Å². The molecule has 26 heavy (non-hydrogen) atoms. The molecule has 0 spiro atoms. The lowest BCUT2D eigenvalue weighted by molar-refractivity contribution is 0.0135. The highest BCUT2D eigenvalue weighted by Crippen LogP contribution is 2.24. The van der Waals surface area contributed by atoms with Gasteiger partial charge in [0.2, 0.25) is 0 Å². The van der Waals surface area contributed by atoms with Gasteiger partial charge in [0.15, 0.2) is 5.96 Å². The van der Waals surface area contributed by atoms with Gasteiger partial charge in [0.1, 0.15) is 17.3 Å². The Kier molecular flexibility index (Phi) is 6.14. The second-order valence-corrected chi connectivity index (χ2v) is 6.20. The summed E-state index contributed by atoms with van der Waals surface area (Å²) in [4.78, 5) is 6.86. The molecule has 2 aromatic rings. The fourth-order valence-corrected chi connectivity index (χ4v) is 2.98. The Morgan fingerprint density at radius 3 is 2.81 bits per heavy atom. The second kappa shape index (κ2) is 8.73. The Morgan fingerprint density at radius 1 is 1.31 bits per heavy atom. The highest BCUT2D eigenvalue weighted by molar-refractivity contribution is 5.92. The summed E-state index contributed by atoms with van der Waals surface area (Å²) in [6.07, 6.45) is 0. The van der Waals surface area contributed by atoms with E-state index in [1.165, 1.54) is 0 Å². The molecule has 0 bridgehead atoms. The predicted molar refractivity (Wildman–Crippen MR) is 102 cm³/mol. The maximum Gasteiger partial charge on any atom is 0.193 e. The molecular weight excluding hydrogens is 332 g/mol. The standard InChI is InChI=1S/C19H26N4O3/c1-14-6-7-18(26-14)17(23-8-10-25-11-9-23)13-21-19(20)22-15-4-3-5-16(12-15)24-2/h3-7,12,17H,8-11,13H2,1-2H3,(H3,20,21,22). The summed E-state index contributed by atoms with van der Waals surface area (Å²) in [6, 6.07) is 11.6. The van der Waals surface area contributed by atoms with Gasteiger partial charge >= 0.3 is 0 Å². The molecule has 7 nitrogen and oxygen atoms in total. The number of furan rings is 1. The largest absolute Gasteiger partial charge is 0.497 e. The van der Waals surface area contributed by atoms with E-state index in [2.05, 4.69) is 15.2 Å². The molecular formula is C19H26N4O3. The molecule has 3 rings (SSSR count). The Bertz CT molecular complexity index is 738. The van der Waals surface area contributed by atoms with E-state index < -0.39 is 0 Å². The molecule has 7 heteroatoms. The number of aliphatic imine (C=N–C) groups is 1. The van der Waals surface area contributed by atoms with Crippen LogP contribution in [0.15, 0.2) is 45.8 Å². The number of ether oxygens (including phenoxy) is 2. The van der Waals surface area contributed by atoms with Crippen molar-refractivity contribution in [2.75, 3.05) is 45.3 Å². The van der Waals surface area contributed by atoms with Gasteiger partial charge in [0, 0.05) is 24.8 Å². The summed E-state index contributed by atoms with van der Waals surface area (Å²) in [7, 11) is 1.63. The van der Waals surface area contributed by atoms with Crippen LogP contribution in [0.4, 0.5) is 5.69 Å². The minimum absolute atomic E-state index is 0.0401. The minimum Gasteiger partial charge on any atom is -0.497 e. The summed E-state index contributed by atoms with van der Waals surface area (Å²) in [6.45, 7) is 5.60. The van der Waals surface area contributed by atoms with E-state index in [9.17, 15) is 0 Å². The van der Waals surface area contributed by atoms with Crippen LogP contribution in [0.3, 0.4) is 0 Å². The summed E-state index contributed by atoms with van der Waals surface area (Å²) >= 11 is 0. The van der Waals surface area contributed by atoms with Crippen molar-refractivity contribution in [2.45, 2.75) is 13.0 Å². The van der Waals surface area contributed by atoms with Crippen molar-refractivity contribution in [3.05, 3.63) is 47.9 Å². The van der Waals surface area contributed by atoms with Gasteiger partial charge in [-0.3, -0.25) is 9.89 Å². The van der Waals surface area contributed by atoms with Gasteiger partial charge in [-0.05, 0) is 31.2 Å². The number of hydrogen-bond donors (Lipinski definition) is 2. The first-order valence-electron chi connectivity index (χ1n) is 8.75. The van der Waals surface area contributed by atoms with Crippen LogP contribution in [0.25, 0.3) is 0 Å². The van der Waals surface area contributed by atoms with E-state index in [0.29, 0.717) is 12.5 Å². The fraction of sp³-hybridized carbons (Fsp3) is 0.421. The van der Waals surface area contributed by atoms with E-state index in [-0.39, 0.29) is 6.04 Å². The van der Waals surface area contributed by atoms with Gasteiger partial charge in [-0.1, -0.05) is 6.07 Å². The van der Waals surface area contributed by atoms with E-state index in [1.807, 2.05) is 43.3 Å². The SMILES string of the molecule is COc1cccc(NC(N)=NCC(c2ccc(C)o2)N2CCOCC2)c1. The van der Waals surface area contributed by atoms with E-state index >= 15 is 0 Å². The van der Waals surface area contributed by atoms with Gasteiger partial charge in [0.25, 0.3) is 0 Å². The molecule has 0 saturated carbocycles. The molecule has 2 heterocycles. The molecule has 1 aliphatic heterocycles. The quantitative estimate of drug-likeness (QED) is 0.609. The third-order valence-corrected chi connectivity index (χ3v) is 4.35. The number of guanidine groups is 1. The number of rotatable bonds is 6. The summed E-state index contributed by atoms with van der Waals surface area (Å²) in [5.41, 5.74) is 6.92. The molecule has 1 aromatic heterocycles. The minimum atomic E-state index is 0.0401. The third-order valence-electron chi connectivity index (χ3n) is 4.35. The van der Waals surface area contributed by atoms with Crippen molar-refractivity contribution in [1.29, 1.82) is 0 Å². The molecule has 1 aromatic carbocycles. The lowest BCUT2D eigenvalue weighted by atomic mass is 10.1. The number of methoxy groups -OCH3 is 1. The van der Waals surface area contributed by atoms with Crippen LogP contribution in [0, 0.1) is 6.92 Å². The number of hydrogen-bond acceptors (Lipinski definition) is 5. The number of nitrogens with one attached hydrogen (secondary N) is 1. The average molecular weight is 358 g/mol. The Morgan fingerprint density at radius 2 is 2.12 bits per heavy atom. The second-order valence-electron chi connectivity index (χ2n) is 6.20. The van der Waals surface area contributed by atoms with Crippen molar-refractivity contribution in [3.63, 3.8) is 0 Å². The summed E-state index contributed by atoms with van der Waals surface area (Å²) in [5.74, 6) is 2.92. The first-order chi connectivity index (χ1) is 12.7. The monoisotopic (exact) mass is 358 g/mol. The maximum absolute atomic E-state index is 6.08. The summed E-state index contributed by atoms with van der Waals surface area (Å²) < 4.78 is 16.5. The summed E-state index contributed by atoms with van der Waals surface area (Å²) in [5, 5.41) is 3.11. The zero-order valence-corrected chi connectivity index (χ0v) is 15.3. The van der Waals surface area contributed by atoms with E-state index in [4.69, 9.17) is 19.6 Å². The topological polar surface area (TPSA) is 85.2 Å². The van der Waals surface area contributed by atoms with Crippen molar-refractivity contribution in [1.82, 2.24) is 4.90 Å². The van der Waals surface area contributed by atoms with Gasteiger partial charge in [-0.15, -0.1) is 0 Å². The van der Waals surface area contributed by atoms with E-state index in [1.54, 1.807) is 7.11 Å². The molecule has 140 valence electrons. The van der Waals surface area contributed by atoms with Gasteiger partial charge in [-0.2, -0.15) is 0 Å². The van der Waals surface area contributed by atoms with Gasteiger partial charge < -0.3 is 24.9 Å². The van der Waals surface area contributed by atoms with Crippen molar-refractivity contribution in [3.8, 4) is 5.75 Å². The fourth-order valence-electron chi connectivity index (χ4n) is 2.98. The lowest BCUT2D eigenvalue weighted by Crippen LogP contribution is -2.40. The smallest absolute Gasteiger partial charge is 0.193 e. The number of aryl methyl sites for hydroxylation is 1. The predicted octanol–water partition coefficient (Wildman–Crippen LogP) is 2.40. The molecule has 1 atom stereocenters. The average Bonchev–Trinajstić information content (AvgIpc) is 3.09. The van der Waals surface area contributed by atoms with Crippen molar-refractivity contribution < 1.29 is 13.9 Å². The highest BCUT2D eigenvalue weighted by Gasteiger charge is 2.25. The molecule has 0 aliphatic carbocycles. The lowest BCUT2D eigenvalue weighted by Gasteiger charge is -2.32. The van der Waals surface area contributed by atoms with Crippen LogP contribution >= 0.6 is 0 Å². The zero-order chi connectivity index (χ0) is 18.4. The number of morpholine rings is 1. The zero-order valence-electron chi connectivity index (χ0n) is 15.3. The van der Waals surface area contributed by atoms with Crippen molar-refractivity contribution in [2.24, 2.45) is 10.7 Å². The molecule has 1 unspecified atom stereocenters. The molecule has 1 aliphatic rings. The first-order valence-corrected chi connectivity index (χ1v) is 8.75. The van der Waals surface area contributed by atoms with Gasteiger partial charge in [0.05, 0.1) is 32.9 Å². The van der Waals surface area contributed by atoms with E-state index in [0.717, 1.165) is 49.3 Å². The molecule has 0 amide bonds. The first kappa shape index (κ1) is 18.3. The molecule has 1 saturated heterocycles. The maximum atomic E-state index is 6.08. The Labute approximate surface area is 153 Å². The number of nitrogens with two attached hydrogens (primary N) is 1. The van der Waals surface area contributed by atoms with Crippen LogP contribution in [0.2, 0.25) is 0 Å². The van der Waals surface area contributed by atoms with Crippen LogP contribution in [-0.2, 0) is 4.74 Å². The Hall–Kier alpha value is -2.51. The Balaban J connectivity index is 1.70. The normalized spacial score (nSPS) is 17.1. The van der Waals surface area contributed by atoms with Crippen LogP contribution in [-0.4, -0.2) is 50.8 Å². The van der Waals surface area contributed by atoms with Crippen LogP contribution in [0.1, 0.15) is 17.6 Å². The highest BCUT2D eigenvalue weighted by atomic mass is 16.5. The number of benzene rings is 1. The molecule has 0 radical (unpaired) electrons.